The number of hydrogen-bond acceptors (Lipinski definition) is 4. The molecule has 9 heteroatoms. The lowest BCUT2D eigenvalue weighted by Crippen LogP contribution is -2.55. The van der Waals surface area contributed by atoms with Gasteiger partial charge in [-0.1, -0.05) is 23.9 Å². The molecule has 2 fully saturated rings. The maximum atomic E-state index is 12.6. The minimum atomic E-state index is -2.56. The fraction of sp³-hybridized carbons (Fsp3) is 0.556. The van der Waals surface area contributed by atoms with E-state index in [-0.39, 0.29) is 18.6 Å². The number of thioether (sulfide) groups is 1. The van der Waals surface area contributed by atoms with Crippen LogP contribution in [-0.4, -0.2) is 52.9 Å². The molecule has 1 aromatic rings. The van der Waals surface area contributed by atoms with Crippen LogP contribution < -0.4 is 10.6 Å². The number of alkyl halides is 2. The number of rotatable bonds is 9. The van der Waals surface area contributed by atoms with Gasteiger partial charge in [-0.3, -0.25) is 9.69 Å². The lowest BCUT2D eigenvalue weighted by molar-refractivity contribution is -0.139. The van der Waals surface area contributed by atoms with Crippen molar-refractivity contribution >= 4 is 29.4 Å². The largest absolute Gasteiger partial charge is 0.480 e. The fourth-order valence-corrected chi connectivity index (χ4v) is 3.86. The SMILES string of the molecule is O=C(O)CN(CC1CC1)C1CC(NC(=O)Nc2ccccc2SC(F)F)C1. The van der Waals surface area contributed by atoms with Crippen molar-refractivity contribution in [2.75, 3.05) is 18.4 Å². The zero-order chi connectivity index (χ0) is 19.4. The minimum Gasteiger partial charge on any atom is -0.480 e. The van der Waals surface area contributed by atoms with E-state index in [0.29, 0.717) is 41.1 Å². The van der Waals surface area contributed by atoms with E-state index in [1.807, 2.05) is 4.90 Å². The molecule has 0 spiro atoms. The molecular weight excluding hydrogens is 376 g/mol. The number of aliphatic carboxylic acids is 1. The lowest BCUT2D eigenvalue weighted by atomic mass is 9.85. The Balaban J connectivity index is 1.46. The second-order valence-electron chi connectivity index (χ2n) is 7.06. The molecule has 0 radical (unpaired) electrons. The first-order valence-corrected chi connectivity index (χ1v) is 9.86. The number of urea groups is 1. The molecule has 3 rings (SSSR count). The summed E-state index contributed by atoms with van der Waals surface area (Å²) >= 11 is 0.389. The first kappa shape index (κ1) is 19.9. The van der Waals surface area contributed by atoms with Gasteiger partial charge in [0.2, 0.25) is 0 Å². The second kappa shape index (κ2) is 8.88. The summed E-state index contributed by atoms with van der Waals surface area (Å²) in [5.41, 5.74) is 0.345. The Kier molecular flexibility index (Phi) is 6.54. The molecule has 148 valence electrons. The highest BCUT2D eigenvalue weighted by atomic mass is 32.2. The molecule has 2 saturated carbocycles. The number of carbonyl (C=O) groups is 2. The van der Waals surface area contributed by atoms with E-state index in [1.54, 1.807) is 18.2 Å². The molecule has 0 aliphatic heterocycles. The number of para-hydroxylation sites is 1. The third-order valence-electron chi connectivity index (χ3n) is 4.84. The highest BCUT2D eigenvalue weighted by Gasteiger charge is 2.37. The Morgan fingerprint density at radius 3 is 2.59 bits per heavy atom. The van der Waals surface area contributed by atoms with Gasteiger partial charge < -0.3 is 15.7 Å². The molecule has 6 nitrogen and oxygen atoms in total. The van der Waals surface area contributed by atoms with Crippen molar-refractivity contribution in [2.24, 2.45) is 5.92 Å². The Hall–Kier alpha value is -1.87. The first-order chi connectivity index (χ1) is 12.9. The molecule has 0 atom stereocenters. The molecule has 3 N–H and O–H groups in total. The van der Waals surface area contributed by atoms with Gasteiger partial charge in [0.05, 0.1) is 12.2 Å². The molecule has 2 amide bonds. The van der Waals surface area contributed by atoms with E-state index in [4.69, 9.17) is 5.11 Å². The molecule has 2 aliphatic rings. The number of nitrogens with zero attached hydrogens (tertiary/aromatic N) is 1. The van der Waals surface area contributed by atoms with Crippen LogP contribution in [0.25, 0.3) is 0 Å². The molecule has 1 aromatic carbocycles. The smallest absolute Gasteiger partial charge is 0.319 e. The van der Waals surface area contributed by atoms with Gasteiger partial charge in [-0.05, 0) is 43.7 Å². The van der Waals surface area contributed by atoms with Crippen LogP contribution in [0.1, 0.15) is 25.7 Å². The Bertz CT molecular complexity index is 682. The Morgan fingerprint density at radius 2 is 1.96 bits per heavy atom. The van der Waals surface area contributed by atoms with E-state index in [9.17, 15) is 18.4 Å². The first-order valence-electron chi connectivity index (χ1n) is 8.98. The van der Waals surface area contributed by atoms with Crippen molar-refractivity contribution in [1.82, 2.24) is 10.2 Å². The fourth-order valence-electron chi connectivity index (χ4n) is 3.26. The molecule has 0 unspecified atom stereocenters. The number of amides is 2. The lowest BCUT2D eigenvalue weighted by Gasteiger charge is -2.42. The highest BCUT2D eigenvalue weighted by molar-refractivity contribution is 7.99. The van der Waals surface area contributed by atoms with Crippen molar-refractivity contribution in [3.63, 3.8) is 0 Å². The Morgan fingerprint density at radius 1 is 1.26 bits per heavy atom. The number of halogens is 2. The normalized spacial score (nSPS) is 21.8. The quantitative estimate of drug-likeness (QED) is 0.554. The predicted octanol–water partition coefficient (Wildman–Crippen LogP) is 3.45. The summed E-state index contributed by atoms with van der Waals surface area (Å²) in [7, 11) is 0. The zero-order valence-corrected chi connectivity index (χ0v) is 15.6. The van der Waals surface area contributed by atoms with Gasteiger partial charge in [0, 0.05) is 23.5 Å². The van der Waals surface area contributed by atoms with Crippen molar-refractivity contribution in [3.8, 4) is 0 Å². The van der Waals surface area contributed by atoms with Crippen LogP contribution in [0.15, 0.2) is 29.2 Å². The predicted molar refractivity (Wildman–Crippen MR) is 99.2 cm³/mol. The van der Waals surface area contributed by atoms with Crippen molar-refractivity contribution in [2.45, 2.75) is 48.4 Å². The molecule has 0 heterocycles. The Labute approximate surface area is 160 Å². The van der Waals surface area contributed by atoms with Crippen molar-refractivity contribution < 1.29 is 23.5 Å². The van der Waals surface area contributed by atoms with Gasteiger partial charge in [-0.2, -0.15) is 8.78 Å². The average molecular weight is 399 g/mol. The third-order valence-corrected chi connectivity index (χ3v) is 5.63. The number of anilines is 1. The average Bonchev–Trinajstić information content (AvgIpc) is 3.35. The standard InChI is InChI=1S/C18H23F2N3O3S/c19-17(20)27-15-4-2-1-3-14(15)22-18(26)21-12-7-13(8-12)23(10-16(24)25)9-11-5-6-11/h1-4,11-13,17H,5-10H2,(H,24,25)(H2,21,22,26). The topological polar surface area (TPSA) is 81.7 Å². The number of carboxylic acids is 1. The summed E-state index contributed by atoms with van der Waals surface area (Å²) in [4.78, 5) is 25.5. The maximum Gasteiger partial charge on any atom is 0.319 e. The van der Waals surface area contributed by atoms with Crippen LogP contribution in [0.5, 0.6) is 0 Å². The van der Waals surface area contributed by atoms with Gasteiger partial charge in [0.1, 0.15) is 0 Å². The van der Waals surface area contributed by atoms with Crippen LogP contribution >= 0.6 is 11.8 Å². The van der Waals surface area contributed by atoms with Gasteiger partial charge >= 0.3 is 12.0 Å². The van der Waals surface area contributed by atoms with Crippen LogP contribution in [0, 0.1) is 5.92 Å². The summed E-state index contributed by atoms with van der Waals surface area (Å²) in [6, 6.07) is 6.11. The number of hydrogen-bond donors (Lipinski definition) is 3. The molecule has 0 saturated heterocycles. The highest BCUT2D eigenvalue weighted by Crippen LogP contribution is 2.34. The van der Waals surface area contributed by atoms with E-state index in [0.717, 1.165) is 19.4 Å². The number of nitrogens with one attached hydrogen (secondary N) is 2. The zero-order valence-electron chi connectivity index (χ0n) is 14.7. The monoisotopic (exact) mass is 399 g/mol. The second-order valence-corrected chi connectivity index (χ2v) is 8.09. The van der Waals surface area contributed by atoms with Crippen LogP contribution in [0.3, 0.4) is 0 Å². The van der Waals surface area contributed by atoms with Crippen molar-refractivity contribution in [3.05, 3.63) is 24.3 Å². The van der Waals surface area contributed by atoms with Crippen LogP contribution in [-0.2, 0) is 4.79 Å². The van der Waals surface area contributed by atoms with E-state index in [2.05, 4.69) is 10.6 Å². The summed E-state index contributed by atoms with van der Waals surface area (Å²) in [5, 5.41) is 14.5. The van der Waals surface area contributed by atoms with Gasteiger partial charge in [-0.15, -0.1) is 0 Å². The third kappa shape index (κ3) is 6.07. The summed E-state index contributed by atoms with van der Waals surface area (Å²) < 4.78 is 25.2. The van der Waals surface area contributed by atoms with E-state index in [1.165, 1.54) is 6.07 Å². The van der Waals surface area contributed by atoms with Gasteiger partial charge in [-0.25, -0.2) is 4.79 Å². The molecule has 2 aliphatic carbocycles. The molecule has 0 aromatic heterocycles. The van der Waals surface area contributed by atoms with Gasteiger partial charge in [0.25, 0.3) is 5.76 Å². The summed E-state index contributed by atoms with van der Waals surface area (Å²) in [5.74, 6) is -2.79. The van der Waals surface area contributed by atoms with Crippen LogP contribution in [0.2, 0.25) is 0 Å². The maximum absolute atomic E-state index is 12.6. The minimum absolute atomic E-state index is 0.0261. The number of benzene rings is 1. The summed E-state index contributed by atoms with van der Waals surface area (Å²) in [6.07, 6.45) is 3.70. The van der Waals surface area contributed by atoms with Gasteiger partial charge in [0.15, 0.2) is 0 Å². The number of carbonyl (C=O) groups excluding carboxylic acids is 1. The molecular formula is C18H23F2N3O3S. The van der Waals surface area contributed by atoms with Crippen LogP contribution in [0.4, 0.5) is 19.3 Å². The molecule has 0 bridgehead atoms. The number of carboxylic acid groups (broad SMARTS) is 1. The molecule has 27 heavy (non-hydrogen) atoms. The van der Waals surface area contributed by atoms with Crippen molar-refractivity contribution in [1.29, 1.82) is 0 Å². The van der Waals surface area contributed by atoms with E-state index < -0.39 is 17.8 Å². The van der Waals surface area contributed by atoms with E-state index >= 15 is 0 Å². The summed E-state index contributed by atoms with van der Waals surface area (Å²) in [6.45, 7) is 0.826.